The minimum Gasteiger partial charge on any atom is -0.135 e. The summed E-state index contributed by atoms with van der Waals surface area (Å²) in [6.07, 6.45) is 6.79. The molecule has 0 amide bonds. The Morgan fingerprint density at radius 2 is 2.11 bits per heavy atom. The molecule has 0 spiro atoms. The van der Waals surface area contributed by atoms with Crippen molar-refractivity contribution >= 4 is 11.8 Å². The molecule has 0 aromatic heterocycles. The van der Waals surface area contributed by atoms with Crippen molar-refractivity contribution in [2.45, 2.75) is 25.7 Å². The monoisotopic (exact) mass is 143 g/mol. The van der Waals surface area contributed by atoms with Gasteiger partial charge in [0.1, 0.15) is 0 Å². The minimum atomic E-state index is 1.06. The Kier molecular flexibility index (Phi) is 6.28. The summed E-state index contributed by atoms with van der Waals surface area (Å²) in [4.78, 5) is 1.29. The quantitative estimate of drug-likeness (QED) is 0.532. The zero-order valence-electron chi connectivity index (χ0n) is 6.15. The third-order valence-corrected chi connectivity index (χ3v) is 2.03. The Morgan fingerprint density at radius 3 is 2.56 bits per heavy atom. The van der Waals surface area contributed by atoms with Crippen LogP contribution in [0.1, 0.15) is 25.7 Å². The molecular weight excluding hydrogens is 128 g/mol. The zero-order valence-corrected chi connectivity index (χ0v) is 6.97. The Bertz CT molecular complexity index is 76.6. The van der Waals surface area contributed by atoms with Gasteiger partial charge in [0.2, 0.25) is 0 Å². The van der Waals surface area contributed by atoms with Gasteiger partial charge in [-0.3, -0.25) is 0 Å². The van der Waals surface area contributed by atoms with Crippen LogP contribution in [0.25, 0.3) is 0 Å². The summed E-state index contributed by atoms with van der Waals surface area (Å²) in [5, 5.41) is 0. The highest BCUT2D eigenvalue weighted by Gasteiger charge is 1.89. The van der Waals surface area contributed by atoms with Crippen LogP contribution in [-0.4, -0.2) is 6.26 Å². The van der Waals surface area contributed by atoms with Crippen LogP contribution < -0.4 is 0 Å². The first kappa shape index (κ1) is 9.09. The van der Waals surface area contributed by atoms with Gasteiger partial charge in [0.25, 0.3) is 0 Å². The van der Waals surface area contributed by atoms with Gasteiger partial charge in [-0.2, -0.15) is 0 Å². The average Bonchev–Trinajstić information content (AvgIpc) is 1.89. The van der Waals surface area contributed by atoms with Crippen molar-refractivity contribution in [1.82, 2.24) is 0 Å². The molecule has 53 valence electrons. The maximum atomic E-state index is 3.89. The lowest BCUT2D eigenvalue weighted by Gasteiger charge is -1.98. The molecule has 0 saturated carbocycles. The molecule has 0 heterocycles. The summed E-state index contributed by atoms with van der Waals surface area (Å²) in [6.45, 7) is 7.66. The summed E-state index contributed by atoms with van der Waals surface area (Å²) >= 11 is 1.76. The van der Waals surface area contributed by atoms with E-state index in [9.17, 15) is 0 Å². The van der Waals surface area contributed by atoms with Crippen molar-refractivity contribution in [3.63, 3.8) is 0 Å². The second-order valence-electron chi connectivity index (χ2n) is 2.05. The van der Waals surface area contributed by atoms with Crippen molar-refractivity contribution in [3.05, 3.63) is 18.4 Å². The third kappa shape index (κ3) is 5.97. The second-order valence-corrected chi connectivity index (χ2v) is 3.04. The lowest BCUT2D eigenvalue weighted by Crippen LogP contribution is -1.75. The molecule has 0 unspecified atom stereocenters. The fourth-order valence-electron chi connectivity index (χ4n) is 0.601. The van der Waals surface area contributed by atoms with Crippen LogP contribution in [0.2, 0.25) is 0 Å². The average molecular weight is 143 g/mol. The number of allylic oxidation sites excluding steroid dienone is 1. The molecular formula is C8H15S. The van der Waals surface area contributed by atoms with Crippen LogP contribution in [0.15, 0.2) is 11.5 Å². The molecule has 9 heavy (non-hydrogen) atoms. The number of thioether (sulfide) groups is 1. The minimum absolute atomic E-state index is 1.06. The molecule has 0 atom stereocenters. The Morgan fingerprint density at radius 1 is 1.44 bits per heavy atom. The molecule has 0 aromatic rings. The lowest BCUT2D eigenvalue weighted by atomic mass is 10.2. The predicted octanol–water partition coefficient (Wildman–Crippen LogP) is 3.26. The van der Waals surface area contributed by atoms with E-state index in [0.29, 0.717) is 0 Å². The maximum Gasteiger partial charge on any atom is -0.0140 e. The molecule has 1 heteroatoms. The molecule has 0 rings (SSSR count). The smallest absolute Gasteiger partial charge is 0.0140 e. The summed E-state index contributed by atoms with van der Waals surface area (Å²) in [7, 11) is 0. The van der Waals surface area contributed by atoms with Gasteiger partial charge in [0.05, 0.1) is 0 Å². The fourth-order valence-corrected chi connectivity index (χ4v) is 0.949. The molecule has 0 saturated heterocycles. The van der Waals surface area contributed by atoms with Gasteiger partial charge >= 0.3 is 0 Å². The predicted molar refractivity (Wildman–Crippen MR) is 46.5 cm³/mol. The van der Waals surface area contributed by atoms with Gasteiger partial charge in [0.15, 0.2) is 0 Å². The van der Waals surface area contributed by atoms with Crippen LogP contribution in [0.5, 0.6) is 0 Å². The van der Waals surface area contributed by atoms with E-state index in [1.54, 1.807) is 11.8 Å². The van der Waals surface area contributed by atoms with Gasteiger partial charge in [-0.15, -0.1) is 11.8 Å². The van der Waals surface area contributed by atoms with E-state index >= 15 is 0 Å². The molecule has 0 bridgehead atoms. The first-order chi connectivity index (χ1) is 4.31. The number of hydrogen-bond donors (Lipinski definition) is 0. The largest absolute Gasteiger partial charge is 0.135 e. The van der Waals surface area contributed by atoms with Gasteiger partial charge in [0, 0.05) is 0 Å². The van der Waals surface area contributed by atoms with Crippen LogP contribution in [0.3, 0.4) is 0 Å². The highest BCUT2D eigenvalue weighted by Crippen LogP contribution is 2.16. The molecule has 1 radical (unpaired) electrons. The van der Waals surface area contributed by atoms with E-state index in [1.807, 2.05) is 0 Å². The summed E-state index contributed by atoms with van der Waals surface area (Å²) in [5.41, 5.74) is 0. The van der Waals surface area contributed by atoms with Crippen LogP contribution in [0, 0.1) is 6.92 Å². The maximum absolute atomic E-state index is 3.89. The van der Waals surface area contributed by atoms with Crippen molar-refractivity contribution in [2.75, 3.05) is 6.26 Å². The van der Waals surface area contributed by atoms with Crippen molar-refractivity contribution in [3.8, 4) is 0 Å². The van der Waals surface area contributed by atoms with E-state index < -0.39 is 0 Å². The van der Waals surface area contributed by atoms with Crippen molar-refractivity contribution in [2.24, 2.45) is 0 Å². The Balaban J connectivity index is 2.97. The Labute approximate surface area is 62.7 Å². The van der Waals surface area contributed by atoms with E-state index in [4.69, 9.17) is 0 Å². The summed E-state index contributed by atoms with van der Waals surface area (Å²) in [5.74, 6) is 0. The molecule has 0 aliphatic heterocycles. The van der Waals surface area contributed by atoms with Gasteiger partial charge in [-0.05, 0) is 24.0 Å². The number of hydrogen-bond acceptors (Lipinski definition) is 1. The normalized spacial score (nSPS) is 9.56. The molecule has 0 nitrogen and oxygen atoms in total. The molecule has 0 aromatic carbocycles. The van der Waals surface area contributed by atoms with Crippen LogP contribution in [-0.2, 0) is 0 Å². The van der Waals surface area contributed by atoms with E-state index in [2.05, 4.69) is 19.8 Å². The molecule has 0 fully saturated rings. The van der Waals surface area contributed by atoms with E-state index in [0.717, 1.165) is 12.8 Å². The van der Waals surface area contributed by atoms with E-state index in [1.165, 1.54) is 17.7 Å². The van der Waals surface area contributed by atoms with Crippen LogP contribution >= 0.6 is 11.8 Å². The van der Waals surface area contributed by atoms with Crippen molar-refractivity contribution in [1.29, 1.82) is 0 Å². The highest BCUT2D eigenvalue weighted by molar-refractivity contribution is 8.02. The molecule has 0 aliphatic rings. The fraction of sp³-hybridized carbons (Fsp3) is 0.625. The first-order valence-corrected chi connectivity index (χ1v) is 4.54. The first-order valence-electron chi connectivity index (χ1n) is 3.32. The summed E-state index contributed by atoms with van der Waals surface area (Å²) < 4.78 is 0. The van der Waals surface area contributed by atoms with Crippen LogP contribution in [0.4, 0.5) is 0 Å². The topological polar surface area (TPSA) is 0 Å². The lowest BCUT2D eigenvalue weighted by molar-refractivity contribution is 0.757. The molecule has 0 N–H and O–H groups in total. The number of rotatable bonds is 5. The Hall–Kier alpha value is 0.0900. The third-order valence-electron chi connectivity index (χ3n) is 1.24. The molecule has 0 aliphatic carbocycles. The highest BCUT2D eigenvalue weighted by atomic mass is 32.2. The van der Waals surface area contributed by atoms with Gasteiger partial charge < -0.3 is 0 Å². The SMILES string of the molecule is [CH2]CCCCC(=C)SC. The summed E-state index contributed by atoms with van der Waals surface area (Å²) in [6, 6.07) is 0. The van der Waals surface area contributed by atoms with Gasteiger partial charge in [-0.25, -0.2) is 0 Å². The standard InChI is InChI=1S/C8H15S/c1-4-5-6-7-8(2)9-3/h1-2,4-7H2,3H3. The second kappa shape index (κ2) is 6.21. The van der Waals surface area contributed by atoms with Crippen molar-refractivity contribution < 1.29 is 0 Å². The van der Waals surface area contributed by atoms with E-state index in [-0.39, 0.29) is 0 Å². The zero-order chi connectivity index (χ0) is 7.11. The number of unbranched alkanes of at least 4 members (excludes halogenated alkanes) is 2. The van der Waals surface area contributed by atoms with Gasteiger partial charge in [-0.1, -0.05) is 26.3 Å².